The van der Waals surface area contributed by atoms with Crippen LogP contribution in [0.15, 0.2) is 65.6 Å². The second-order valence-electron chi connectivity index (χ2n) is 9.26. The van der Waals surface area contributed by atoms with Gasteiger partial charge in [-0.2, -0.15) is 5.10 Å². The van der Waals surface area contributed by atoms with E-state index in [9.17, 15) is 38.2 Å². The first-order valence-electron chi connectivity index (χ1n) is 11.9. The van der Waals surface area contributed by atoms with E-state index >= 15 is 0 Å². The van der Waals surface area contributed by atoms with Crippen LogP contribution in [-0.2, 0) is 22.7 Å². The number of anilines is 1. The Morgan fingerprint density at radius 1 is 0.976 bits per heavy atom. The summed E-state index contributed by atoms with van der Waals surface area (Å²) in [6.07, 6.45) is 2.06. The van der Waals surface area contributed by atoms with Crippen molar-refractivity contribution in [3.8, 4) is 16.9 Å². The van der Waals surface area contributed by atoms with Crippen LogP contribution in [0.1, 0.15) is 32.0 Å². The van der Waals surface area contributed by atoms with Crippen molar-refractivity contribution in [1.82, 2.24) is 9.78 Å². The van der Waals surface area contributed by atoms with Crippen LogP contribution in [0.2, 0.25) is 0 Å². The molecule has 3 N–H and O–H groups in total. The lowest BCUT2D eigenvalue weighted by atomic mass is 9.88. The molecule has 0 unspecified atom stereocenters. The van der Waals surface area contributed by atoms with Gasteiger partial charge in [0.2, 0.25) is 0 Å². The van der Waals surface area contributed by atoms with Gasteiger partial charge in [-0.25, -0.2) is 13.1 Å². The number of carbonyl (C=O) groups excluding carboxylic acids is 2. The minimum atomic E-state index is -3.45. The molecule has 0 atom stereocenters. The number of nitro groups is 2. The number of sulfone groups is 1. The summed E-state index contributed by atoms with van der Waals surface area (Å²) in [6.45, 7) is 0. The van der Waals surface area contributed by atoms with Gasteiger partial charge in [-0.3, -0.25) is 29.8 Å². The Morgan fingerprint density at radius 3 is 2.29 bits per heavy atom. The Labute approximate surface area is 231 Å². The third-order valence-electron chi connectivity index (χ3n) is 6.63. The van der Waals surface area contributed by atoms with E-state index in [1.165, 1.54) is 16.8 Å². The van der Waals surface area contributed by atoms with Gasteiger partial charge in [-0.05, 0) is 60.9 Å². The average molecular weight is 577 g/mol. The summed E-state index contributed by atoms with van der Waals surface area (Å²) >= 11 is 0. The van der Waals surface area contributed by atoms with Gasteiger partial charge in [0.15, 0.2) is 15.5 Å². The lowest BCUT2D eigenvalue weighted by Crippen LogP contribution is -2.16. The molecule has 3 aromatic carbocycles. The molecule has 4 aromatic rings. The number of non-ortho nitro benzene ring substituents is 1. The number of hydrogen-bond donors (Lipinski definition) is 2. The lowest BCUT2D eigenvalue weighted by molar-refractivity contribution is -0.394. The summed E-state index contributed by atoms with van der Waals surface area (Å²) in [4.78, 5) is 46.2. The first kappa shape index (κ1) is 27.1. The molecule has 0 saturated heterocycles. The highest BCUT2D eigenvalue weighted by atomic mass is 32.2. The fraction of sp³-hybridized carbons (Fsp3) is 0.115. The smallest absolute Gasteiger partial charge is 0.289 e. The maximum absolute atomic E-state index is 13.0. The molecule has 1 aliphatic rings. The Balaban J connectivity index is 1.58. The zero-order valence-corrected chi connectivity index (χ0v) is 22.0. The molecule has 2 amide bonds. The van der Waals surface area contributed by atoms with Gasteiger partial charge in [0, 0.05) is 29.1 Å². The summed E-state index contributed by atoms with van der Waals surface area (Å²) in [5.74, 6) is -1.60. The van der Waals surface area contributed by atoms with Crippen molar-refractivity contribution in [2.45, 2.75) is 17.7 Å². The van der Waals surface area contributed by atoms with Crippen LogP contribution in [0.4, 0.5) is 17.1 Å². The van der Waals surface area contributed by atoms with E-state index in [2.05, 4.69) is 10.4 Å². The number of rotatable bonds is 7. The highest BCUT2D eigenvalue weighted by Crippen LogP contribution is 2.38. The summed E-state index contributed by atoms with van der Waals surface area (Å²) < 4.78 is 25.3. The first-order valence-corrected chi connectivity index (χ1v) is 13.8. The predicted molar refractivity (Wildman–Crippen MR) is 146 cm³/mol. The van der Waals surface area contributed by atoms with Gasteiger partial charge in [-0.1, -0.05) is 6.07 Å². The highest BCUT2D eigenvalue weighted by molar-refractivity contribution is 7.90. The van der Waals surface area contributed by atoms with Crippen LogP contribution in [0.5, 0.6) is 0 Å². The molecule has 1 aliphatic carbocycles. The predicted octanol–water partition coefficient (Wildman–Crippen LogP) is 3.21. The summed E-state index contributed by atoms with van der Waals surface area (Å²) in [5, 5.41) is 29.6. The number of amides is 2. The highest BCUT2D eigenvalue weighted by Gasteiger charge is 2.29. The Bertz CT molecular complexity index is 1900. The van der Waals surface area contributed by atoms with Gasteiger partial charge < -0.3 is 11.1 Å². The van der Waals surface area contributed by atoms with Crippen molar-refractivity contribution in [2.75, 3.05) is 11.6 Å². The Kier molecular flexibility index (Phi) is 6.58. The second-order valence-corrected chi connectivity index (χ2v) is 11.3. The van der Waals surface area contributed by atoms with Crippen molar-refractivity contribution in [1.29, 1.82) is 0 Å². The van der Waals surface area contributed by atoms with Crippen molar-refractivity contribution in [3.05, 3.63) is 103 Å². The largest absolute Gasteiger partial charge is 0.364 e. The molecule has 5 rings (SSSR count). The number of primary amides is 1. The number of nitro benzene ring substituents is 2. The molecule has 0 bridgehead atoms. The fourth-order valence-electron chi connectivity index (χ4n) is 4.71. The first-order chi connectivity index (χ1) is 19.3. The van der Waals surface area contributed by atoms with Crippen molar-refractivity contribution in [2.24, 2.45) is 5.73 Å². The molecule has 0 saturated carbocycles. The second kappa shape index (κ2) is 9.95. The van der Waals surface area contributed by atoms with E-state index < -0.39 is 42.9 Å². The molecule has 15 heteroatoms. The maximum Gasteiger partial charge on any atom is 0.289 e. The minimum Gasteiger partial charge on any atom is -0.364 e. The lowest BCUT2D eigenvalue weighted by Gasteiger charge is -2.20. The average Bonchev–Trinajstić information content (AvgIpc) is 3.33. The molecule has 1 heterocycles. The van der Waals surface area contributed by atoms with E-state index in [0.29, 0.717) is 41.4 Å². The quantitative estimate of drug-likeness (QED) is 0.244. The van der Waals surface area contributed by atoms with Crippen molar-refractivity contribution < 1.29 is 27.9 Å². The summed E-state index contributed by atoms with van der Waals surface area (Å²) in [5.41, 5.74) is 7.32. The molecule has 0 aliphatic heterocycles. The number of nitrogens with zero attached hydrogens (tertiary/aromatic N) is 4. The molecule has 41 heavy (non-hydrogen) atoms. The van der Waals surface area contributed by atoms with Crippen molar-refractivity contribution >= 4 is 38.7 Å². The van der Waals surface area contributed by atoms with E-state index in [1.807, 2.05) is 0 Å². The molecule has 0 fully saturated rings. The van der Waals surface area contributed by atoms with E-state index in [0.717, 1.165) is 24.0 Å². The third-order valence-corrected chi connectivity index (χ3v) is 7.76. The number of fused-ring (bicyclic) bond motifs is 3. The zero-order valence-electron chi connectivity index (χ0n) is 21.2. The molecule has 208 valence electrons. The summed E-state index contributed by atoms with van der Waals surface area (Å²) in [6, 6.07) is 13.6. The SMILES string of the molecule is CS(=O)(=O)c1ccc(-n2nc(C(N)=O)c3c2-c2cc(NC(=O)c4ccc([N+](=O)[O-])cc4[N+](=O)[O-])ccc2CC3)cc1. The van der Waals surface area contributed by atoms with Gasteiger partial charge in [0.25, 0.3) is 23.2 Å². The molecular weight excluding hydrogens is 556 g/mol. The van der Waals surface area contributed by atoms with E-state index in [4.69, 9.17) is 5.73 Å². The van der Waals surface area contributed by atoms with Crippen LogP contribution < -0.4 is 11.1 Å². The molecule has 0 spiro atoms. The minimum absolute atomic E-state index is 0.0498. The maximum atomic E-state index is 13.0. The number of aryl methyl sites for hydroxylation is 1. The molecule has 1 aromatic heterocycles. The number of nitrogens with two attached hydrogens (primary N) is 1. The van der Waals surface area contributed by atoms with Crippen LogP contribution in [-0.4, -0.2) is 46.1 Å². The molecule has 0 radical (unpaired) electrons. The standard InChI is InChI=1S/C26H20N6O8S/c1-41(39,40)18-8-5-16(6-9-18)30-24-20(23(29-30)25(27)33)10-3-14-2-4-15(12-21(14)24)28-26(34)19-11-7-17(31(35)36)13-22(19)32(37)38/h2,4-9,11-13H,3,10H2,1H3,(H2,27,33)(H,28,34). The Morgan fingerprint density at radius 2 is 1.68 bits per heavy atom. The normalized spacial score (nSPS) is 12.2. The van der Waals surface area contributed by atoms with Gasteiger partial charge in [-0.15, -0.1) is 0 Å². The van der Waals surface area contributed by atoms with Crippen LogP contribution >= 0.6 is 0 Å². The van der Waals surface area contributed by atoms with Crippen LogP contribution in [0, 0.1) is 20.2 Å². The molecular formula is C26H20N6O8S. The number of hydrogen-bond acceptors (Lipinski definition) is 9. The number of nitrogens with one attached hydrogen (secondary N) is 1. The van der Waals surface area contributed by atoms with Gasteiger partial charge in [0.1, 0.15) is 5.56 Å². The monoisotopic (exact) mass is 576 g/mol. The summed E-state index contributed by atoms with van der Waals surface area (Å²) in [7, 11) is -3.45. The number of aromatic nitrogens is 2. The van der Waals surface area contributed by atoms with Crippen LogP contribution in [0.3, 0.4) is 0 Å². The fourth-order valence-corrected chi connectivity index (χ4v) is 5.34. The zero-order chi connectivity index (χ0) is 29.6. The van der Waals surface area contributed by atoms with E-state index in [1.54, 1.807) is 30.3 Å². The molecule has 14 nitrogen and oxygen atoms in total. The van der Waals surface area contributed by atoms with Gasteiger partial charge >= 0.3 is 0 Å². The Hall–Kier alpha value is -5.44. The number of carbonyl (C=O) groups is 2. The van der Waals surface area contributed by atoms with Gasteiger partial charge in [0.05, 0.1) is 32.2 Å². The van der Waals surface area contributed by atoms with Crippen LogP contribution in [0.25, 0.3) is 16.9 Å². The van der Waals surface area contributed by atoms with Crippen molar-refractivity contribution in [3.63, 3.8) is 0 Å². The third kappa shape index (κ3) is 5.00. The van der Waals surface area contributed by atoms with E-state index in [-0.39, 0.29) is 21.8 Å². The number of benzene rings is 3. The topological polar surface area (TPSA) is 210 Å².